The largest absolute Gasteiger partial charge is 0.347 e. The van der Waals surface area contributed by atoms with Gasteiger partial charge in [-0.15, -0.1) is 0 Å². The van der Waals surface area contributed by atoms with Crippen LogP contribution in [0.25, 0.3) is 0 Å². The topological polar surface area (TPSA) is 51.2 Å². The maximum Gasteiger partial charge on any atom is 0.272 e. The van der Waals surface area contributed by atoms with Crippen molar-refractivity contribution in [3.8, 4) is 0 Å². The average Bonchev–Trinajstić information content (AvgIpc) is 3.14. The number of anilines is 1. The number of halogens is 3. The molecule has 0 spiro atoms. The van der Waals surface area contributed by atoms with E-state index in [0.29, 0.717) is 39.0 Å². The first-order chi connectivity index (χ1) is 21.3. The first kappa shape index (κ1) is 30.6. The lowest BCUT2D eigenvalue weighted by Crippen LogP contribution is -2.56. The van der Waals surface area contributed by atoms with Crippen LogP contribution in [-0.2, 0) is 4.79 Å². The fourth-order valence-corrected chi connectivity index (χ4v) is 6.48. The lowest BCUT2D eigenvalue weighted by atomic mass is 9.96. The number of carbonyl (C=O) groups excluding carboxylic acids is 1. The number of amides is 1. The number of piperazine rings is 1. The maximum atomic E-state index is 13.7. The zero-order valence-electron chi connectivity index (χ0n) is 24.0. The predicted octanol–water partition coefficient (Wildman–Crippen LogP) is 7.07. The summed E-state index contributed by atoms with van der Waals surface area (Å²) in [6.45, 7) is 2.90. The van der Waals surface area contributed by atoms with Crippen LogP contribution in [0.1, 0.15) is 28.3 Å². The van der Waals surface area contributed by atoms with Gasteiger partial charge in [-0.2, -0.15) is 0 Å². The van der Waals surface area contributed by atoms with E-state index in [-0.39, 0.29) is 11.9 Å². The number of aliphatic imine (C=N–C) groups is 1. The van der Waals surface area contributed by atoms with Crippen LogP contribution in [0.2, 0.25) is 15.1 Å². The molecule has 1 atom stereocenters. The predicted molar refractivity (Wildman–Crippen MR) is 184 cm³/mol. The third-order valence-corrected chi connectivity index (χ3v) is 9.16. The molecule has 44 heavy (non-hydrogen) atoms. The molecule has 6 rings (SSSR count). The van der Waals surface area contributed by atoms with Gasteiger partial charge in [0.2, 0.25) is 6.17 Å². The molecule has 4 aromatic rings. The smallest absolute Gasteiger partial charge is 0.272 e. The zero-order valence-corrected chi connectivity index (χ0v) is 27.0. The zero-order chi connectivity index (χ0) is 30.8. The second-order valence-corrected chi connectivity index (χ2v) is 12.5. The standard InChI is InChI=1S/C34H30Cl3N5OS/c1-40-29-16-15-27(37)21-28(29)30(22-5-3-2-4-6-22)38-32(33(40)43)39-34(44)42-19-17-41(18-20-42)31(23-7-11-25(35)12-8-23)24-9-13-26(36)14-10-24/h2-16,21,31-32H,17-20H2,1H3,(H,39,44). The van der Waals surface area contributed by atoms with Gasteiger partial charge in [-0.3, -0.25) is 9.69 Å². The third-order valence-electron chi connectivity index (χ3n) is 8.04. The van der Waals surface area contributed by atoms with Gasteiger partial charge < -0.3 is 15.1 Å². The van der Waals surface area contributed by atoms with Crippen LogP contribution in [0.15, 0.2) is 102 Å². The molecular formula is C34H30Cl3N5OS. The van der Waals surface area contributed by atoms with Gasteiger partial charge in [-0.05, 0) is 65.8 Å². The van der Waals surface area contributed by atoms with Gasteiger partial charge >= 0.3 is 0 Å². The number of rotatable bonds is 5. The van der Waals surface area contributed by atoms with Crippen molar-refractivity contribution >= 4 is 69.4 Å². The summed E-state index contributed by atoms with van der Waals surface area (Å²) in [5.74, 6) is -0.203. The minimum absolute atomic E-state index is 0.0358. The first-order valence-electron chi connectivity index (χ1n) is 14.3. The Morgan fingerprint density at radius 3 is 1.98 bits per heavy atom. The Morgan fingerprint density at radius 1 is 0.818 bits per heavy atom. The van der Waals surface area contributed by atoms with Crippen molar-refractivity contribution in [2.75, 3.05) is 38.1 Å². The van der Waals surface area contributed by atoms with E-state index in [0.717, 1.165) is 41.0 Å². The van der Waals surface area contributed by atoms with Gasteiger partial charge in [-0.1, -0.05) is 89.4 Å². The molecule has 1 saturated heterocycles. The van der Waals surface area contributed by atoms with Crippen molar-refractivity contribution in [3.63, 3.8) is 0 Å². The van der Waals surface area contributed by atoms with Crippen LogP contribution in [-0.4, -0.2) is 65.9 Å². The minimum atomic E-state index is -0.900. The van der Waals surface area contributed by atoms with Crippen molar-refractivity contribution in [1.82, 2.24) is 15.1 Å². The molecule has 224 valence electrons. The third kappa shape index (κ3) is 6.48. The molecule has 6 nitrogen and oxygen atoms in total. The Morgan fingerprint density at radius 2 is 1.39 bits per heavy atom. The van der Waals surface area contributed by atoms with Gasteiger partial charge in [0.15, 0.2) is 5.11 Å². The van der Waals surface area contributed by atoms with Crippen LogP contribution in [0.4, 0.5) is 5.69 Å². The van der Waals surface area contributed by atoms with E-state index in [4.69, 9.17) is 52.0 Å². The Labute approximate surface area is 277 Å². The second kappa shape index (κ2) is 13.3. The molecule has 0 aromatic heterocycles. The Kier molecular flexibility index (Phi) is 9.21. The molecule has 0 bridgehead atoms. The fraction of sp³-hybridized carbons (Fsp3) is 0.206. The summed E-state index contributed by atoms with van der Waals surface area (Å²) >= 11 is 24.7. The highest BCUT2D eigenvalue weighted by atomic mass is 35.5. The van der Waals surface area contributed by atoms with Crippen LogP contribution < -0.4 is 10.2 Å². The normalized spacial score (nSPS) is 17.2. The van der Waals surface area contributed by atoms with E-state index in [1.807, 2.05) is 66.7 Å². The highest BCUT2D eigenvalue weighted by Gasteiger charge is 2.33. The van der Waals surface area contributed by atoms with Crippen molar-refractivity contribution in [3.05, 3.63) is 134 Å². The van der Waals surface area contributed by atoms with E-state index in [1.54, 1.807) is 18.0 Å². The molecule has 0 saturated carbocycles. The summed E-state index contributed by atoms with van der Waals surface area (Å²) in [4.78, 5) is 24.8. The highest BCUT2D eigenvalue weighted by molar-refractivity contribution is 7.80. The number of thiocarbonyl (C=S) groups is 1. The summed E-state index contributed by atoms with van der Waals surface area (Å²) in [5.41, 5.74) is 5.40. The van der Waals surface area contributed by atoms with Crippen LogP contribution in [0.5, 0.6) is 0 Å². The summed E-state index contributed by atoms with van der Waals surface area (Å²) in [7, 11) is 1.75. The fourth-order valence-electron chi connectivity index (χ4n) is 5.76. The number of likely N-dealkylation sites (N-methyl/N-ethyl adjacent to an activating group) is 1. The first-order valence-corrected chi connectivity index (χ1v) is 15.8. The van der Waals surface area contributed by atoms with E-state index in [1.165, 1.54) is 0 Å². The van der Waals surface area contributed by atoms with Gasteiger partial charge in [0.05, 0.1) is 17.4 Å². The van der Waals surface area contributed by atoms with E-state index in [2.05, 4.69) is 39.4 Å². The van der Waals surface area contributed by atoms with E-state index in [9.17, 15) is 4.79 Å². The number of carbonyl (C=O) groups is 1. The molecule has 0 radical (unpaired) electrons. The van der Waals surface area contributed by atoms with Crippen molar-refractivity contribution in [2.45, 2.75) is 12.2 Å². The minimum Gasteiger partial charge on any atom is -0.347 e. The van der Waals surface area contributed by atoms with Gasteiger partial charge in [-0.25, -0.2) is 4.99 Å². The number of benzodiazepines with no additional fused rings is 1. The van der Waals surface area contributed by atoms with Crippen molar-refractivity contribution in [1.29, 1.82) is 0 Å². The summed E-state index contributed by atoms with van der Waals surface area (Å²) < 4.78 is 0. The number of benzene rings is 4. The quantitative estimate of drug-likeness (QED) is 0.232. The van der Waals surface area contributed by atoms with Crippen LogP contribution in [0.3, 0.4) is 0 Å². The van der Waals surface area contributed by atoms with Crippen molar-refractivity contribution in [2.24, 2.45) is 4.99 Å². The lowest BCUT2D eigenvalue weighted by Gasteiger charge is -2.41. The number of hydrogen-bond donors (Lipinski definition) is 1. The summed E-state index contributed by atoms with van der Waals surface area (Å²) in [6.07, 6.45) is -0.900. The van der Waals surface area contributed by atoms with Gasteiger partial charge in [0, 0.05) is 59.4 Å². The molecular weight excluding hydrogens is 633 g/mol. The van der Waals surface area contributed by atoms with Crippen molar-refractivity contribution < 1.29 is 4.79 Å². The number of hydrogen-bond acceptors (Lipinski definition) is 4. The molecule has 1 fully saturated rings. The molecule has 1 unspecified atom stereocenters. The molecule has 1 N–H and O–H groups in total. The molecule has 0 aliphatic carbocycles. The SMILES string of the molecule is CN1C(=O)C(NC(=S)N2CCN(C(c3ccc(Cl)cc3)c3ccc(Cl)cc3)CC2)N=C(c2ccccc2)c2cc(Cl)ccc21. The number of fused-ring (bicyclic) bond motifs is 1. The molecule has 1 amide bonds. The van der Waals surface area contributed by atoms with Crippen LogP contribution in [0, 0.1) is 0 Å². The van der Waals surface area contributed by atoms with Gasteiger partial charge in [0.1, 0.15) is 0 Å². The molecule has 2 aliphatic heterocycles. The second-order valence-electron chi connectivity index (χ2n) is 10.8. The summed E-state index contributed by atoms with van der Waals surface area (Å²) in [6, 6.07) is 31.3. The molecule has 4 aromatic carbocycles. The lowest BCUT2D eigenvalue weighted by molar-refractivity contribution is -0.119. The Bertz CT molecular complexity index is 1650. The Hall–Kier alpha value is -3.46. The Balaban J connectivity index is 1.22. The van der Waals surface area contributed by atoms with E-state index >= 15 is 0 Å². The number of nitrogens with one attached hydrogen (secondary N) is 1. The molecule has 2 heterocycles. The average molecular weight is 663 g/mol. The van der Waals surface area contributed by atoms with Crippen LogP contribution >= 0.6 is 47.0 Å². The van der Waals surface area contributed by atoms with E-state index < -0.39 is 6.17 Å². The molecule has 10 heteroatoms. The monoisotopic (exact) mass is 661 g/mol. The number of nitrogens with zero attached hydrogens (tertiary/aromatic N) is 4. The molecule has 2 aliphatic rings. The summed E-state index contributed by atoms with van der Waals surface area (Å²) in [5, 5.41) is 5.74. The van der Waals surface area contributed by atoms with Gasteiger partial charge in [0.25, 0.3) is 5.91 Å². The highest BCUT2D eigenvalue weighted by Crippen LogP contribution is 2.32. The maximum absolute atomic E-state index is 13.7.